The second kappa shape index (κ2) is 10.00. The van der Waals surface area contributed by atoms with E-state index in [1.54, 1.807) is 36.4 Å². The Labute approximate surface area is 193 Å². The van der Waals surface area contributed by atoms with Crippen LogP contribution in [0.5, 0.6) is 0 Å². The van der Waals surface area contributed by atoms with E-state index in [1.807, 2.05) is 0 Å². The molecular formula is C21H25N3O7S2. The molecule has 2 aromatic carbocycles. The van der Waals surface area contributed by atoms with Gasteiger partial charge in [-0.25, -0.2) is 21.6 Å². The first-order valence-electron chi connectivity index (χ1n) is 10.1. The van der Waals surface area contributed by atoms with Crippen molar-refractivity contribution in [2.24, 2.45) is 0 Å². The fourth-order valence-corrected chi connectivity index (χ4v) is 6.53. The maximum absolute atomic E-state index is 13.3. The number of rotatable bonds is 7. The highest BCUT2D eigenvalue weighted by Gasteiger charge is 2.43. The number of nitrogens with zero attached hydrogens (tertiary/aromatic N) is 2. The lowest BCUT2D eigenvalue weighted by atomic mass is 10.2. The van der Waals surface area contributed by atoms with Gasteiger partial charge in [0, 0.05) is 19.6 Å². The van der Waals surface area contributed by atoms with E-state index in [9.17, 15) is 26.4 Å². The van der Waals surface area contributed by atoms with Crippen LogP contribution in [-0.2, 0) is 34.4 Å². The molecule has 1 fully saturated rings. The van der Waals surface area contributed by atoms with Crippen LogP contribution >= 0.6 is 0 Å². The normalized spacial score (nSPS) is 18.9. The Morgan fingerprint density at radius 1 is 0.909 bits per heavy atom. The number of carbonyl (C=O) groups is 2. The van der Waals surface area contributed by atoms with Gasteiger partial charge in [0.25, 0.3) is 0 Å². The number of sulfonamides is 2. The lowest BCUT2D eigenvalue weighted by molar-refractivity contribution is -0.145. The Morgan fingerprint density at radius 2 is 1.42 bits per heavy atom. The zero-order chi connectivity index (χ0) is 24.2. The van der Waals surface area contributed by atoms with E-state index in [1.165, 1.54) is 31.2 Å². The van der Waals surface area contributed by atoms with Crippen LogP contribution in [0, 0.1) is 0 Å². The van der Waals surface area contributed by atoms with E-state index in [2.05, 4.69) is 10.1 Å². The molecule has 0 unspecified atom stereocenters. The molecule has 1 amide bonds. The summed E-state index contributed by atoms with van der Waals surface area (Å²) in [5, 5.41) is 2.42. The smallest absolute Gasteiger partial charge is 0.328 e. The number of nitrogens with one attached hydrogen (secondary N) is 1. The second-order valence-electron chi connectivity index (χ2n) is 7.37. The Morgan fingerprint density at radius 3 is 1.94 bits per heavy atom. The molecule has 1 N–H and O–H groups in total. The highest BCUT2D eigenvalue weighted by Crippen LogP contribution is 2.25. The quantitative estimate of drug-likeness (QED) is 0.551. The second-order valence-corrected chi connectivity index (χ2v) is 11.2. The zero-order valence-electron chi connectivity index (χ0n) is 18.1. The Kier molecular flexibility index (Phi) is 7.52. The van der Waals surface area contributed by atoms with Crippen LogP contribution in [0.2, 0.25) is 0 Å². The van der Waals surface area contributed by atoms with Crippen LogP contribution in [0.15, 0.2) is 70.5 Å². The molecule has 2 aromatic rings. The number of hydrogen-bond acceptors (Lipinski definition) is 7. The summed E-state index contributed by atoms with van der Waals surface area (Å²) < 4.78 is 59.5. The summed E-state index contributed by atoms with van der Waals surface area (Å²) in [5.41, 5.74) is 0. The fraction of sp³-hybridized carbons (Fsp3) is 0.333. The van der Waals surface area contributed by atoms with Crippen LogP contribution in [0.4, 0.5) is 0 Å². The third kappa shape index (κ3) is 5.24. The third-order valence-corrected chi connectivity index (χ3v) is 9.04. The van der Waals surface area contributed by atoms with Crippen LogP contribution in [0.1, 0.15) is 6.92 Å². The summed E-state index contributed by atoms with van der Waals surface area (Å²) in [6.45, 7) is 0.595. The van der Waals surface area contributed by atoms with Crippen molar-refractivity contribution in [2.75, 3.05) is 26.7 Å². The molecule has 1 saturated heterocycles. The van der Waals surface area contributed by atoms with E-state index in [4.69, 9.17) is 0 Å². The highest BCUT2D eigenvalue weighted by molar-refractivity contribution is 7.89. The number of amides is 1. The number of carbonyl (C=O) groups excluding carboxylic acids is 2. The van der Waals surface area contributed by atoms with Crippen molar-refractivity contribution in [2.45, 2.75) is 28.8 Å². The summed E-state index contributed by atoms with van der Waals surface area (Å²) in [5.74, 6) is -1.52. The molecule has 0 aromatic heterocycles. The summed E-state index contributed by atoms with van der Waals surface area (Å²) in [6.07, 6.45) is 0. The van der Waals surface area contributed by atoms with Gasteiger partial charge in [-0.3, -0.25) is 4.79 Å². The van der Waals surface area contributed by atoms with Crippen molar-refractivity contribution in [1.29, 1.82) is 0 Å². The molecular weight excluding hydrogens is 470 g/mol. The lowest BCUT2D eigenvalue weighted by Crippen LogP contribution is -2.62. The van der Waals surface area contributed by atoms with Crippen molar-refractivity contribution < 1.29 is 31.2 Å². The van der Waals surface area contributed by atoms with Gasteiger partial charge in [0.2, 0.25) is 26.0 Å². The van der Waals surface area contributed by atoms with Crippen molar-refractivity contribution in [3.05, 3.63) is 60.7 Å². The largest absolute Gasteiger partial charge is 0.467 e. The maximum atomic E-state index is 13.3. The number of piperazine rings is 1. The number of esters is 1. The predicted molar refractivity (Wildman–Crippen MR) is 119 cm³/mol. The van der Waals surface area contributed by atoms with E-state index in [-0.39, 0.29) is 22.9 Å². The van der Waals surface area contributed by atoms with Crippen molar-refractivity contribution >= 4 is 31.9 Å². The molecule has 33 heavy (non-hydrogen) atoms. The average molecular weight is 496 g/mol. The minimum Gasteiger partial charge on any atom is -0.467 e. The van der Waals surface area contributed by atoms with Gasteiger partial charge in [0.15, 0.2) is 0 Å². The molecule has 0 radical (unpaired) electrons. The molecule has 178 valence electrons. The van der Waals surface area contributed by atoms with Crippen LogP contribution < -0.4 is 5.32 Å². The number of ether oxygens (including phenoxy) is 1. The maximum Gasteiger partial charge on any atom is 0.328 e. The molecule has 1 heterocycles. The van der Waals surface area contributed by atoms with E-state index in [0.29, 0.717) is 0 Å². The summed E-state index contributed by atoms with van der Waals surface area (Å²) in [6, 6.07) is 12.8. The molecule has 12 heteroatoms. The first-order valence-corrected chi connectivity index (χ1v) is 13.0. The van der Waals surface area contributed by atoms with Crippen LogP contribution in [-0.4, -0.2) is 76.2 Å². The predicted octanol–water partition coefficient (Wildman–Crippen LogP) is 0.428. The van der Waals surface area contributed by atoms with Gasteiger partial charge in [-0.1, -0.05) is 36.4 Å². The third-order valence-electron chi connectivity index (χ3n) is 5.24. The van der Waals surface area contributed by atoms with Crippen molar-refractivity contribution in [1.82, 2.24) is 13.9 Å². The van der Waals surface area contributed by atoms with E-state index in [0.717, 1.165) is 15.7 Å². The SMILES string of the molecule is COC(=O)[C@@H](C)NC(=O)[C@H]1CN(S(=O)(=O)c2ccccc2)CCN1S(=O)(=O)c1ccccc1. The molecule has 2 atom stereocenters. The zero-order valence-corrected chi connectivity index (χ0v) is 19.8. The van der Waals surface area contributed by atoms with Gasteiger partial charge in [-0.2, -0.15) is 8.61 Å². The van der Waals surface area contributed by atoms with Crippen molar-refractivity contribution in [3.8, 4) is 0 Å². The summed E-state index contributed by atoms with van der Waals surface area (Å²) in [4.78, 5) is 24.9. The average Bonchev–Trinajstić information content (AvgIpc) is 2.84. The molecule has 0 bridgehead atoms. The van der Waals surface area contributed by atoms with Gasteiger partial charge in [-0.05, 0) is 31.2 Å². The molecule has 3 rings (SSSR count). The Hall–Kier alpha value is -2.80. The molecule has 1 aliphatic heterocycles. The van der Waals surface area contributed by atoms with Gasteiger partial charge in [-0.15, -0.1) is 0 Å². The molecule has 0 spiro atoms. The fourth-order valence-electron chi connectivity index (χ4n) is 3.48. The Balaban J connectivity index is 1.96. The van der Waals surface area contributed by atoms with Gasteiger partial charge in [0.05, 0.1) is 16.9 Å². The van der Waals surface area contributed by atoms with Crippen LogP contribution in [0.25, 0.3) is 0 Å². The van der Waals surface area contributed by atoms with Gasteiger partial charge < -0.3 is 10.1 Å². The summed E-state index contributed by atoms with van der Waals surface area (Å²) in [7, 11) is -6.93. The number of benzene rings is 2. The highest BCUT2D eigenvalue weighted by atomic mass is 32.2. The molecule has 0 saturated carbocycles. The lowest BCUT2D eigenvalue weighted by Gasteiger charge is -2.39. The van der Waals surface area contributed by atoms with Crippen molar-refractivity contribution in [3.63, 3.8) is 0 Å². The topological polar surface area (TPSA) is 130 Å². The molecule has 10 nitrogen and oxygen atoms in total. The minimum atomic E-state index is -4.12. The van der Waals surface area contributed by atoms with Gasteiger partial charge in [0.1, 0.15) is 12.1 Å². The number of hydrogen-bond donors (Lipinski definition) is 1. The minimum absolute atomic E-state index is 0.0248. The number of methoxy groups -OCH3 is 1. The van der Waals surface area contributed by atoms with E-state index < -0.39 is 50.6 Å². The summed E-state index contributed by atoms with van der Waals surface area (Å²) >= 11 is 0. The first-order chi connectivity index (χ1) is 15.6. The monoisotopic (exact) mass is 495 g/mol. The first kappa shape index (κ1) is 24.8. The van der Waals surface area contributed by atoms with Crippen LogP contribution in [0.3, 0.4) is 0 Å². The molecule has 1 aliphatic rings. The van der Waals surface area contributed by atoms with Gasteiger partial charge >= 0.3 is 5.97 Å². The molecule has 0 aliphatic carbocycles. The standard InChI is InChI=1S/C21H25N3O7S2/c1-16(21(26)31-2)22-20(25)19-15-23(32(27,28)17-9-5-3-6-10-17)13-14-24(19)33(29,30)18-11-7-4-8-12-18/h3-12,16,19H,13-15H2,1-2H3,(H,22,25)/t16-,19-/m1/s1. The van der Waals surface area contributed by atoms with E-state index >= 15 is 0 Å². The Bertz CT molecular complexity index is 1200.